The highest BCUT2D eigenvalue weighted by atomic mass is 16.5. The molecular formula is C26H40N6O. The zero-order valence-electron chi connectivity index (χ0n) is 20.5. The Balaban J connectivity index is 1.62. The average molecular weight is 453 g/mol. The summed E-state index contributed by atoms with van der Waals surface area (Å²) in [6.45, 7) is 13.5. The summed E-state index contributed by atoms with van der Waals surface area (Å²) >= 11 is 0. The van der Waals surface area contributed by atoms with Gasteiger partial charge >= 0.3 is 0 Å². The van der Waals surface area contributed by atoms with Gasteiger partial charge in [0.1, 0.15) is 5.71 Å². The van der Waals surface area contributed by atoms with E-state index in [-0.39, 0.29) is 6.10 Å². The number of benzene rings is 1. The minimum Gasteiger partial charge on any atom is -0.376 e. The van der Waals surface area contributed by atoms with Crippen LogP contribution in [0.5, 0.6) is 0 Å². The lowest BCUT2D eigenvalue weighted by Crippen LogP contribution is -2.47. The predicted molar refractivity (Wildman–Crippen MR) is 140 cm³/mol. The first kappa shape index (κ1) is 25.1. The molecule has 0 spiro atoms. The van der Waals surface area contributed by atoms with Gasteiger partial charge in [-0.3, -0.25) is 14.9 Å². The number of hydrogen-bond acceptors (Lipinski definition) is 7. The van der Waals surface area contributed by atoms with Gasteiger partial charge in [-0.1, -0.05) is 12.1 Å². The van der Waals surface area contributed by atoms with Crippen LogP contribution in [0.1, 0.15) is 44.2 Å². The summed E-state index contributed by atoms with van der Waals surface area (Å²) in [5.74, 6) is 5.76. The van der Waals surface area contributed by atoms with Gasteiger partial charge in [0.2, 0.25) is 0 Å². The van der Waals surface area contributed by atoms with Crippen molar-refractivity contribution in [3.8, 4) is 0 Å². The van der Waals surface area contributed by atoms with Crippen molar-refractivity contribution in [2.75, 3.05) is 57.3 Å². The number of hydrazone groups is 1. The summed E-state index contributed by atoms with van der Waals surface area (Å²) < 4.78 is 5.77. The van der Waals surface area contributed by atoms with Crippen LogP contribution in [0.4, 0.5) is 5.69 Å². The number of nitrogens with two attached hydrogens (primary N) is 1. The molecule has 3 rings (SSSR count). The number of nitrogens with zero attached hydrogens (tertiary/aromatic N) is 5. The fourth-order valence-electron chi connectivity index (χ4n) is 4.41. The number of rotatable bonds is 9. The lowest BCUT2D eigenvalue weighted by molar-refractivity contribution is 0.0226. The third-order valence-electron chi connectivity index (χ3n) is 6.28. The number of anilines is 1. The van der Waals surface area contributed by atoms with Crippen molar-refractivity contribution in [1.29, 1.82) is 0 Å². The van der Waals surface area contributed by atoms with Gasteiger partial charge in [0.25, 0.3) is 0 Å². The molecule has 7 nitrogen and oxygen atoms in total. The van der Waals surface area contributed by atoms with Gasteiger partial charge in [-0.25, -0.2) is 0 Å². The summed E-state index contributed by atoms with van der Waals surface area (Å²) in [6.07, 6.45) is 9.66. The van der Waals surface area contributed by atoms with Crippen molar-refractivity contribution in [3.05, 3.63) is 41.5 Å². The van der Waals surface area contributed by atoms with E-state index < -0.39 is 0 Å². The molecule has 2 heterocycles. The van der Waals surface area contributed by atoms with E-state index in [1.807, 2.05) is 6.92 Å². The molecule has 0 aliphatic carbocycles. The van der Waals surface area contributed by atoms with Crippen molar-refractivity contribution in [1.82, 2.24) is 4.90 Å². The summed E-state index contributed by atoms with van der Waals surface area (Å²) in [5, 5.41) is 4.05. The second-order valence-corrected chi connectivity index (χ2v) is 8.73. The smallest absolute Gasteiger partial charge is 0.108 e. The molecular weight excluding hydrogens is 412 g/mol. The quantitative estimate of drug-likeness (QED) is 0.354. The zero-order chi connectivity index (χ0) is 23.5. The second-order valence-electron chi connectivity index (χ2n) is 8.73. The van der Waals surface area contributed by atoms with E-state index in [2.05, 4.69) is 69.1 Å². The summed E-state index contributed by atoms with van der Waals surface area (Å²) in [7, 11) is 0. The van der Waals surface area contributed by atoms with Gasteiger partial charge in [0.15, 0.2) is 0 Å². The highest BCUT2D eigenvalue weighted by molar-refractivity contribution is 6.38. The number of piperazine rings is 1. The summed E-state index contributed by atoms with van der Waals surface area (Å²) in [6, 6.07) is 6.54. The van der Waals surface area contributed by atoms with Gasteiger partial charge in [-0.15, -0.1) is 0 Å². The van der Waals surface area contributed by atoms with E-state index in [9.17, 15) is 0 Å². The molecule has 2 N–H and O–H groups in total. The largest absolute Gasteiger partial charge is 0.376 e. The van der Waals surface area contributed by atoms with Crippen LogP contribution in [-0.2, 0) is 4.74 Å². The fourth-order valence-corrected chi connectivity index (χ4v) is 4.41. The van der Waals surface area contributed by atoms with Crippen LogP contribution < -0.4 is 10.7 Å². The minimum atomic E-state index is 0.216. The lowest BCUT2D eigenvalue weighted by atomic mass is 10.0. The van der Waals surface area contributed by atoms with Gasteiger partial charge in [0.05, 0.1) is 12.6 Å². The molecule has 1 unspecified atom stereocenters. The molecule has 1 aromatic rings. The molecule has 2 fully saturated rings. The molecule has 1 aromatic carbocycles. The number of aryl methyl sites for hydroxylation is 1. The predicted octanol–water partition coefficient (Wildman–Crippen LogP) is 3.46. The van der Waals surface area contributed by atoms with E-state index in [1.54, 1.807) is 6.21 Å². The van der Waals surface area contributed by atoms with Crippen LogP contribution in [-0.4, -0.2) is 81.1 Å². The maximum absolute atomic E-state index is 5.77. The van der Waals surface area contributed by atoms with E-state index in [0.717, 1.165) is 81.3 Å². The Morgan fingerprint density at radius 3 is 2.70 bits per heavy atom. The average Bonchev–Trinajstić information content (AvgIpc) is 2.84. The molecule has 0 saturated carbocycles. The number of hydrogen-bond donors (Lipinski definition) is 1. The van der Waals surface area contributed by atoms with Crippen molar-refractivity contribution < 1.29 is 4.74 Å². The van der Waals surface area contributed by atoms with Crippen molar-refractivity contribution in [3.63, 3.8) is 0 Å². The monoisotopic (exact) mass is 452 g/mol. The molecule has 7 heteroatoms. The molecule has 2 saturated heterocycles. The minimum absolute atomic E-state index is 0.216. The Hall–Kier alpha value is -2.51. The Labute approximate surface area is 199 Å². The van der Waals surface area contributed by atoms with Gasteiger partial charge < -0.3 is 15.5 Å². The number of aliphatic imine (C=N–C) groups is 2. The maximum Gasteiger partial charge on any atom is 0.108 e. The van der Waals surface area contributed by atoms with E-state index >= 15 is 0 Å². The first-order valence-electron chi connectivity index (χ1n) is 12.3. The molecule has 0 bridgehead atoms. The van der Waals surface area contributed by atoms with Crippen LogP contribution in [0.2, 0.25) is 0 Å². The highest BCUT2D eigenvalue weighted by Gasteiger charge is 2.19. The van der Waals surface area contributed by atoms with Gasteiger partial charge in [-0.2, -0.15) is 5.10 Å². The maximum atomic E-state index is 5.77. The molecule has 2 aliphatic rings. The molecule has 33 heavy (non-hydrogen) atoms. The molecule has 180 valence electrons. The van der Waals surface area contributed by atoms with Gasteiger partial charge in [0, 0.05) is 69.1 Å². The van der Waals surface area contributed by atoms with Crippen LogP contribution in [0, 0.1) is 6.92 Å². The van der Waals surface area contributed by atoms with E-state index in [4.69, 9.17) is 10.6 Å². The van der Waals surface area contributed by atoms with E-state index in [1.165, 1.54) is 12.1 Å². The van der Waals surface area contributed by atoms with Crippen LogP contribution in [0.25, 0.3) is 0 Å². The normalized spacial score (nSPS) is 21.4. The van der Waals surface area contributed by atoms with Crippen LogP contribution in [0.15, 0.2) is 45.4 Å². The standard InChI is InChI=1S/C26H40N6O/c1-4-8-22(29-5-2)20-31-12-14-32(15-13-31)23-11-10-21(3)25(17-23)26(30-27)19-28-18-24-9-6-7-16-33-24/h4,8,10-11,17,19,24H,5-7,9,12-16,18,20,27H2,1-3H3/b8-4-,28-19?,29-22?,30-26+. The molecule has 0 radical (unpaired) electrons. The fraction of sp³-hybridized carbons (Fsp3) is 0.577. The highest BCUT2D eigenvalue weighted by Crippen LogP contribution is 2.21. The van der Waals surface area contributed by atoms with Crippen LogP contribution >= 0.6 is 0 Å². The first-order chi connectivity index (χ1) is 16.1. The lowest BCUT2D eigenvalue weighted by Gasteiger charge is -2.36. The SMILES string of the molecule is C/C=C\C(CN1CCN(c2ccc(C)c(/C(C=NCC3CCCCO3)=N/N)c2)CC1)=NCC. The van der Waals surface area contributed by atoms with Crippen molar-refractivity contribution >= 4 is 23.3 Å². The number of ether oxygens (including phenoxy) is 1. The molecule has 0 amide bonds. The molecule has 1 atom stereocenters. The van der Waals surface area contributed by atoms with Crippen molar-refractivity contribution in [2.24, 2.45) is 20.9 Å². The Morgan fingerprint density at radius 2 is 2.03 bits per heavy atom. The topological polar surface area (TPSA) is 78.8 Å². The first-order valence-corrected chi connectivity index (χ1v) is 12.3. The third-order valence-corrected chi connectivity index (χ3v) is 6.28. The zero-order valence-corrected chi connectivity index (χ0v) is 20.5. The Kier molecular flexibility index (Phi) is 10.1. The van der Waals surface area contributed by atoms with Crippen molar-refractivity contribution in [2.45, 2.75) is 46.1 Å². The summed E-state index contributed by atoms with van der Waals surface area (Å²) in [5.41, 5.74) is 5.27. The van der Waals surface area contributed by atoms with E-state index in [0.29, 0.717) is 6.54 Å². The molecule has 2 aliphatic heterocycles. The third kappa shape index (κ3) is 7.51. The molecule has 0 aromatic heterocycles. The van der Waals surface area contributed by atoms with Gasteiger partial charge in [-0.05, 0) is 63.8 Å². The Morgan fingerprint density at radius 1 is 1.21 bits per heavy atom. The second kappa shape index (κ2) is 13.3. The summed E-state index contributed by atoms with van der Waals surface area (Å²) in [4.78, 5) is 14.1. The number of allylic oxidation sites excluding steroid dienone is 1. The van der Waals surface area contributed by atoms with Crippen LogP contribution in [0.3, 0.4) is 0 Å². The Bertz CT molecular complexity index is 862.